The Kier molecular flexibility index (Phi) is 5.37. The van der Waals surface area contributed by atoms with Gasteiger partial charge in [-0.1, -0.05) is 0 Å². The third-order valence-electron chi connectivity index (χ3n) is 3.95. The van der Waals surface area contributed by atoms with Crippen molar-refractivity contribution in [2.24, 2.45) is 5.41 Å². The summed E-state index contributed by atoms with van der Waals surface area (Å²) in [5, 5.41) is 0. The van der Waals surface area contributed by atoms with Crippen LogP contribution >= 0.6 is 11.8 Å². The molecule has 1 aliphatic heterocycles. The fourth-order valence-corrected chi connectivity index (χ4v) is 3.84. The van der Waals surface area contributed by atoms with Gasteiger partial charge in [-0.3, -0.25) is 4.79 Å². The fourth-order valence-electron chi connectivity index (χ4n) is 2.50. The van der Waals surface area contributed by atoms with Crippen LogP contribution in [-0.2, 0) is 14.3 Å². The van der Waals surface area contributed by atoms with Gasteiger partial charge in [-0.25, -0.2) is 0 Å². The highest BCUT2D eigenvalue weighted by Gasteiger charge is 2.44. The van der Waals surface area contributed by atoms with Crippen LogP contribution < -0.4 is 0 Å². The van der Waals surface area contributed by atoms with Crippen LogP contribution in [0, 0.1) is 5.41 Å². The maximum atomic E-state index is 11.3. The Bertz CT molecular complexity index is 270. The first-order valence-electron chi connectivity index (χ1n) is 7.00. The molecule has 18 heavy (non-hydrogen) atoms. The summed E-state index contributed by atoms with van der Waals surface area (Å²) in [7, 11) is 1.48. The van der Waals surface area contributed by atoms with E-state index in [9.17, 15) is 4.79 Å². The topological polar surface area (TPSA) is 35.5 Å². The van der Waals surface area contributed by atoms with Crippen LogP contribution in [0.15, 0.2) is 0 Å². The molecule has 0 spiro atoms. The van der Waals surface area contributed by atoms with Crippen molar-refractivity contribution in [2.45, 2.75) is 51.0 Å². The molecule has 2 fully saturated rings. The number of carbonyl (C=O) groups excluding carboxylic acids is 1. The van der Waals surface area contributed by atoms with E-state index < -0.39 is 0 Å². The first-order valence-corrected chi connectivity index (χ1v) is 8.16. The molecule has 104 valence electrons. The smallest absolute Gasteiger partial charge is 0.306 e. The number of carbonyl (C=O) groups is 1. The standard InChI is InChI=1S/C14H24O3S/c1-16-13(15)10-14(6-7-14)11-18-9-3-5-12-4-2-8-17-12/h12H,2-11H2,1H3. The Hall–Kier alpha value is -0.220. The normalized spacial score (nSPS) is 25.1. The van der Waals surface area contributed by atoms with E-state index in [0.717, 1.165) is 12.4 Å². The highest BCUT2D eigenvalue weighted by molar-refractivity contribution is 7.99. The molecule has 1 unspecified atom stereocenters. The summed E-state index contributed by atoms with van der Waals surface area (Å²) in [6.07, 6.45) is 8.46. The molecular weight excluding hydrogens is 248 g/mol. The van der Waals surface area contributed by atoms with Gasteiger partial charge in [0.2, 0.25) is 0 Å². The molecule has 3 nitrogen and oxygen atoms in total. The van der Waals surface area contributed by atoms with Gasteiger partial charge in [0.1, 0.15) is 0 Å². The van der Waals surface area contributed by atoms with Crippen LogP contribution in [0.2, 0.25) is 0 Å². The maximum absolute atomic E-state index is 11.3. The van der Waals surface area contributed by atoms with E-state index in [2.05, 4.69) is 0 Å². The van der Waals surface area contributed by atoms with Crippen molar-refractivity contribution in [2.75, 3.05) is 25.2 Å². The predicted octanol–water partition coefficient (Wildman–Crippen LogP) is 3.02. The maximum Gasteiger partial charge on any atom is 0.306 e. The third-order valence-corrected chi connectivity index (χ3v) is 5.34. The lowest BCUT2D eigenvalue weighted by Crippen LogP contribution is -2.13. The van der Waals surface area contributed by atoms with Crippen LogP contribution in [0.5, 0.6) is 0 Å². The molecule has 1 atom stereocenters. The molecule has 1 heterocycles. The Labute approximate surface area is 114 Å². The largest absolute Gasteiger partial charge is 0.469 e. The first kappa shape index (κ1) is 14.2. The van der Waals surface area contributed by atoms with Gasteiger partial charge in [-0.2, -0.15) is 11.8 Å². The van der Waals surface area contributed by atoms with E-state index in [1.807, 2.05) is 11.8 Å². The van der Waals surface area contributed by atoms with E-state index in [4.69, 9.17) is 9.47 Å². The summed E-state index contributed by atoms with van der Waals surface area (Å²) in [5.41, 5.74) is 0.279. The summed E-state index contributed by atoms with van der Waals surface area (Å²) < 4.78 is 10.4. The molecule has 1 saturated heterocycles. The average Bonchev–Trinajstić information content (AvgIpc) is 2.91. The number of esters is 1. The molecule has 0 radical (unpaired) electrons. The Balaban J connectivity index is 1.51. The van der Waals surface area contributed by atoms with Gasteiger partial charge in [0.15, 0.2) is 0 Å². The number of ether oxygens (including phenoxy) is 2. The minimum Gasteiger partial charge on any atom is -0.469 e. The zero-order chi connectivity index (χ0) is 12.8. The van der Waals surface area contributed by atoms with Crippen LogP contribution in [0.1, 0.15) is 44.9 Å². The van der Waals surface area contributed by atoms with Crippen molar-refractivity contribution in [3.8, 4) is 0 Å². The Morgan fingerprint density at radius 1 is 1.50 bits per heavy atom. The summed E-state index contributed by atoms with van der Waals surface area (Å²) in [6.45, 7) is 0.958. The third kappa shape index (κ3) is 4.47. The van der Waals surface area contributed by atoms with Crippen molar-refractivity contribution in [1.29, 1.82) is 0 Å². The quantitative estimate of drug-likeness (QED) is 0.502. The zero-order valence-electron chi connectivity index (χ0n) is 11.3. The fraction of sp³-hybridized carbons (Fsp3) is 0.929. The monoisotopic (exact) mass is 272 g/mol. The van der Waals surface area contributed by atoms with Crippen molar-refractivity contribution in [1.82, 2.24) is 0 Å². The van der Waals surface area contributed by atoms with E-state index >= 15 is 0 Å². The van der Waals surface area contributed by atoms with Crippen LogP contribution in [-0.4, -0.2) is 37.3 Å². The molecule has 4 heteroatoms. The number of hydrogen-bond acceptors (Lipinski definition) is 4. The Morgan fingerprint density at radius 2 is 2.33 bits per heavy atom. The summed E-state index contributed by atoms with van der Waals surface area (Å²) >= 11 is 2.00. The van der Waals surface area contributed by atoms with Gasteiger partial charge in [0.25, 0.3) is 0 Å². The van der Waals surface area contributed by atoms with Crippen molar-refractivity contribution >= 4 is 17.7 Å². The van der Waals surface area contributed by atoms with Gasteiger partial charge >= 0.3 is 5.97 Å². The molecule has 0 bridgehead atoms. The van der Waals surface area contributed by atoms with Crippen molar-refractivity contribution in [3.63, 3.8) is 0 Å². The van der Waals surface area contributed by atoms with E-state index in [0.29, 0.717) is 12.5 Å². The number of rotatable bonds is 8. The van der Waals surface area contributed by atoms with E-state index in [1.165, 1.54) is 51.4 Å². The van der Waals surface area contributed by atoms with Crippen LogP contribution in [0.3, 0.4) is 0 Å². The molecule has 2 rings (SSSR count). The molecule has 0 amide bonds. The van der Waals surface area contributed by atoms with Crippen LogP contribution in [0.25, 0.3) is 0 Å². The molecule has 2 aliphatic rings. The van der Waals surface area contributed by atoms with Crippen molar-refractivity contribution in [3.05, 3.63) is 0 Å². The SMILES string of the molecule is COC(=O)CC1(CSCCCC2CCCO2)CC1. The molecule has 0 aromatic carbocycles. The number of hydrogen-bond donors (Lipinski definition) is 0. The molecule has 0 aromatic heterocycles. The lowest BCUT2D eigenvalue weighted by Gasteiger charge is -2.13. The van der Waals surface area contributed by atoms with Crippen LogP contribution in [0.4, 0.5) is 0 Å². The number of thioether (sulfide) groups is 1. The van der Waals surface area contributed by atoms with Gasteiger partial charge in [-0.15, -0.1) is 0 Å². The summed E-state index contributed by atoms with van der Waals surface area (Å²) in [6, 6.07) is 0. The highest BCUT2D eigenvalue weighted by atomic mass is 32.2. The summed E-state index contributed by atoms with van der Waals surface area (Å²) in [4.78, 5) is 11.3. The zero-order valence-corrected chi connectivity index (χ0v) is 12.1. The van der Waals surface area contributed by atoms with Gasteiger partial charge in [0, 0.05) is 6.61 Å². The van der Waals surface area contributed by atoms with Gasteiger partial charge in [-0.05, 0) is 55.4 Å². The molecular formula is C14H24O3S. The lowest BCUT2D eigenvalue weighted by atomic mass is 10.1. The number of methoxy groups -OCH3 is 1. The van der Waals surface area contributed by atoms with E-state index in [-0.39, 0.29) is 11.4 Å². The molecule has 1 saturated carbocycles. The molecule has 1 aliphatic carbocycles. The Morgan fingerprint density at radius 3 is 2.94 bits per heavy atom. The van der Waals surface area contributed by atoms with Crippen molar-refractivity contribution < 1.29 is 14.3 Å². The minimum atomic E-state index is -0.0487. The highest BCUT2D eigenvalue weighted by Crippen LogP contribution is 2.51. The molecule has 0 aromatic rings. The average molecular weight is 272 g/mol. The van der Waals surface area contributed by atoms with E-state index in [1.54, 1.807) is 0 Å². The second-order valence-electron chi connectivity index (χ2n) is 5.58. The first-order chi connectivity index (χ1) is 8.74. The second kappa shape index (κ2) is 6.80. The van der Waals surface area contributed by atoms with Gasteiger partial charge in [0.05, 0.1) is 19.6 Å². The molecule has 0 N–H and O–H groups in total. The minimum absolute atomic E-state index is 0.0487. The van der Waals surface area contributed by atoms with Gasteiger partial charge < -0.3 is 9.47 Å². The lowest BCUT2D eigenvalue weighted by molar-refractivity contribution is -0.141. The summed E-state index contributed by atoms with van der Waals surface area (Å²) in [5.74, 6) is 2.27. The second-order valence-corrected chi connectivity index (χ2v) is 6.69. The predicted molar refractivity (Wildman–Crippen MR) is 73.8 cm³/mol.